The number of likely N-dealkylation sites (tertiary alicyclic amines) is 1. The summed E-state index contributed by atoms with van der Waals surface area (Å²) in [5, 5.41) is 2.72. The van der Waals surface area contributed by atoms with Crippen LogP contribution in [0.5, 0.6) is 0 Å². The molecule has 1 fully saturated rings. The van der Waals surface area contributed by atoms with Gasteiger partial charge in [0.25, 0.3) is 0 Å². The van der Waals surface area contributed by atoms with Crippen molar-refractivity contribution in [3.05, 3.63) is 0 Å². The number of hydrogen-bond acceptors (Lipinski definition) is 5. The van der Waals surface area contributed by atoms with Crippen LogP contribution in [0.4, 0.5) is 0 Å². The number of nitrogens with one attached hydrogen (secondary N) is 1. The summed E-state index contributed by atoms with van der Waals surface area (Å²) in [6.45, 7) is 6.60. The minimum atomic E-state index is -1.22. The molecule has 0 saturated carbocycles. The summed E-state index contributed by atoms with van der Waals surface area (Å²) in [5.74, 6) is -1.13. The van der Waals surface area contributed by atoms with Gasteiger partial charge in [0.05, 0.1) is 6.61 Å². The summed E-state index contributed by atoms with van der Waals surface area (Å²) < 4.78 is 4.70. The van der Waals surface area contributed by atoms with Gasteiger partial charge in [0.2, 0.25) is 5.91 Å². The molecule has 0 aliphatic carbocycles. The highest BCUT2D eigenvalue weighted by molar-refractivity contribution is 6.01. The second kappa shape index (κ2) is 7.33. The fraction of sp³-hybridized carbons (Fsp3) is 0.833. The molecule has 1 rings (SSSR count). The summed E-state index contributed by atoms with van der Waals surface area (Å²) in [6.07, 6.45) is 2.22. The second-order valence-corrected chi connectivity index (χ2v) is 4.40. The average Bonchev–Trinajstić information content (AvgIpc) is 2.82. The Hall–Kier alpha value is -1.14. The molecule has 1 aliphatic heterocycles. The van der Waals surface area contributed by atoms with Gasteiger partial charge in [-0.1, -0.05) is 6.92 Å². The molecule has 104 valence electrons. The lowest BCUT2D eigenvalue weighted by Crippen LogP contribution is -2.50. The Labute approximate surface area is 108 Å². The zero-order chi connectivity index (χ0) is 13.5. The van der Waals surface area contributed by atoms with Crippen LogP contribution in [-0.2, 0) is 14.3 Å². The Morgan fingerprint density at radius 3 is 2.83 bits per heavy atom. The van der Waals surface area contributed by atoms with Crippen molar-refractivity contribution in [3.8, 4) is 0 Å². The molecule has 1 saturated heterocycles. The van der Waals surface area contributed by atoms with Gasteiger partial charge < -0.3 is 15.8 Å². The third kappa shape index (κ3) is 3.96. The van der Waals surface area contributed by atoms with E-state index in [9.17, 15) is 9.59 Å². The molecule has 1 heterocycles. The van der Waals surface area contributed by atoms with Crippen molar-refractivity contribution in [3.63, 3.8) is 0 Å². The SMILES string of the molecule is CCOC(=O)C(N)C(=O)NCC1CCCN1CC. The molecule has 0 aromatic carbocycles. The number of amides is 1. The number of hydrogen-bond donors (Lipinski definition) is 2. The quantitative estimate of drug-likeness (QED) is 0.494. The molecule has 6 heteroatoms. The van der Waals surface area contributed by atoms with Gasteiger partial charge in [0, 0.05) is 12.6 Å². The van der Waals surface area contributed by atoms with Crippen molar-refractivity contribution >= 4 is 11.9 Å². The first-order chi connectivity index (χ1) is 8.60. The predicted octanol–water partition coefficient (Wildman–Crippen LogP) is -0.523. The van der Waals surface area contributed by atoms with Crippen molar-refractivity contribution in [1.82, 2.24) is 10.2 Å². The van der Waals surface area contributed by atoms with E-state index in [2.05, 4.69) is 17.1 Å². The highest BCUT2D eigenvalue weighted by Crippen LogP contribution is 2.15. The van der Waals surface area contributed by atoms with Crippen molar-refractivity contribution in [2.45, 2.75) is 38.8 Å². The number of carbonyl (C=O) groups excluding carboxylic acids is 2. The van der Waals surface area contributed by atoms with Gasteiger partial charge in [-0.25, -0.2) is 4.79 Å². The van der Waals surface area contributed by atoms with E-state index in [0.29, 0.717) is 12.6 Å². The standard InChI is InChI=1S/C12H23N3O3/c1-3-15-7-5-6-9(15)8-14-11(16)10(13)12(17)18-4-2/h9-10H,3-8,13H2,1-2H3,(H,14,16). The summed E-state index contributed by atoms with van der Waals surface area (Å²) in [7, 11) is 0. The monoisotopic (exact) mass is 257 g/mol. The summed E-state index contributed by atoms with van der Waals surface area (Å²) >= 11 is 0. The molecule has 1 aliphatic rings. The normalized spacial score (nSPS) is 21.6. The van der Waals surface area contributed by atoms with Crippen molar-refractivity contribution < 1.29 is 14.3 Å². The Balaban J connectivity index is 2.34. The first-order valence-corrected chi connectivity index (χ1v) is 6.54. The summed E-state index contributed by atoms with van der Waals surface area (Å²) in [5.41, 5.74) is 5.50. The minimum Gasteiger partial charge on any atom is -0.464 e. The maximum Gasteiger partial charge on any atom is 0.332 e. The van der Waals surface area contributed by atoms with Crippen molar-refractivity contribution in [2.24, 2.45) is 5.73 Å². The Bertz CT molecular complexity index is 296. The number of nitrogens with zero attached hydrogens (tertiary/aromatic N) is 1. The van der Waals surface area contributed by atoms with Crippen LogP contribution in [0.2, 0.25) is 0 Å². The Morgan fingerprint density at radius 2 is 2.22 bits per heavy atom. The zero-order valence-electron chi connectivity index (χ0n) is 11.1. The third-order valence-corrected chi connectivity index (χ3v) is 3.24. The van der Waals surface area contributed by atoms with Crippen LogP contribution < -0.4 is 11.1 Å². The topological polar surface area (TPSA) is 84.7 Å². The molecule has 18 heavy (non-hydrogen) atoms. The molecular weight excluding hydrogens is 234 g/mol. The number of esters is 1. The highest BCUT2D eigenvalue weighted by Gasteiger charge is 2.27. The predicted molar refractivity (Wildman–Crippen MR) is 67.9 cm³/mol. The van der Waals surface area contributed by atoms with Gasteiger partial charge in [-0.15, -0.1) is 0 Å². The molecule has 6 nitrogen and oxygen atoms in total. The van der Waals surface area contributed by atoms with E-state index in [1.54, 1.807) is 6.92 Å². The van der Waals surface area contributed by atoms with E-state index in [-0.39, 0.29) is 6.61 Å². The molecule has 0 aromatic heterocycles. The number of ether oxygens (including phenoxy) is 1. The summed E-state index contributed by atoms with van der Waals surface area (Å²) in [4.78, 5) is 25.3. The Kier molecular flexibility index (Phi) is 6.07. The fourth-order valence-corrected chi connectivity index (χ4v) is 2.21. The van der Waals surface area contributed by atoms with Gasteiger partial charge in [-0.05, 0) is 32.9 Å². The van der Waals surface area contributed by atoms with Gasteiger partial charge in [0.15, 0.2) is 6.04 Å². The van der Waals surface area contributed by atoms with E-state index in [0.717, 1.165) is 25.9 Å². The average molecular weight is 257 g/mol. The number of carbonyl (C=O) groups is 2. The van der Waals surface area contributed by atoms with Crippen LogP contribution in [-0.4, -0.2) is 55.1 Å². The van der Waals surface area contributed by atoms with Crippen LogP contribution in [0, 0.1) is 0 Å². The van der Waals surface area contributed by atoms with Gasteiger partial charge in [0.1, 0.15) is 0 Å². The minimum absolute atomic E-state index is 0.228. The molecule has 0 aromatic rings. The zero-order valence-corrected chi connectivity index (χ0v) is 11.1. The maximum atomic E-state index is 11.7. The van der Waals surface area contributed by atoms with Crippen molar-refractivity contribution in [1.29, 1.82) is 0 Å². The number of rotatable bonds is 6. The number of nitrogens with two attached hydrogens (primary N) is 1. The molecular formula is C12H23N3O3. The van der Waals surface area contributed by atoms with Crippen LogP contribution >= 0.6 is 0 Å². The van der Waals surface area contributed by atoms with E-state index in [4.69, 9.17) is 10.5 Å². The van der Waals surface area contributed by atoms with Gasteiger partial charge in [-0.2, -0.15) is 0 Å². The molecule has 1 amide bonds. The summed E-state index contributed by atoms with van der Waals surface area (Å²) in [6, 6.07) is -0.866. The molecule has 2 atom stereocenters. The number of likely N-dealkylation sites (N-methyl/N-ethyl adjacent to an activating group) is 1. The Morgan fingerprint density at radius 1 is 1.50 bits per heavy atom. The molecule has 2 unspecified atom stereocenters. The molecule has 0 bridgehead atoms. The molecule has 0 spiro atoms. The maximum absolute atomic E-state index is 11.7. The van der Waals surface area contributed by atoms with E-state index < -0.39 is 17.9 Å². The lowest BCUT2D eigenvalue weighted by molar-refractivity contribution is -0.148. The van der Waals surface area contributed by atoms with E-state index >= 15 is 0 Å². The van der Waals surface area contributed by atoms with Crippen LogP contribution in [0.15, 0.2) is 0 Å². The lowest BCUT2D eigenvalue weighted by atomic mass is 10.2. The van der Waals surface area contributed by atoms with Gasteiger partial charge >= 0.3 is 5.97 Å². The van der Waals surface area contributed by atoms with Crippen LogP contribution in [0.25, 0.3) is 0 Å². The van der Waals surface area contributed by atoms with E-state index in [1.165, 1.54) is 0 Å². The van der Waals surface area contributed by atoms with Crippen LogP contribution in [0.3, 0.4) is 0 Å². The molecule has 0 radical (unpaired) electrons. The van der Waals surface area contributed by atoms with E-state index in [1.807, 2.05) is 0 Å². The first kappa shape index (κ1) is 14.9. The lowest BCUT2D eigenvalue weighted by Gasteiger charge is -2.23. The second-order valence-electron chi connectivity index (χ2n) is 4.40. The fourth-order valence-electron chi connectivity index (χ4n) is 2.21. The highest BCUT2D eigenvalue weighted by atomic mass is 16.5. The third-order valence-electron chi connectivity index (χ3n) is 3.24. The van der Waals surface area contributed by atoms with Gasteiger partial charge in [-0.3, -0.25) is 9.69 Å². The van der Waals surface area contributed by atoms with Crippen molar-refractivity contribution in [2.75, 3.05) is 26.2 Å². The molecule has 3 N–H and O–H groups in total. The smallest absolute Gasteiger partial charge is 0.332 e. The largest absolute Gasteiger partial charge is 0.464 e. The van der Waals surface area contributed by atoms with Crippen LogP contribution in [0.1, 0.15) is 26.7 Å². The first-order valence-electron chi connectivity index (χ1n) is 6.54.